The fourth-order valence-electron chi connectivity index (χ4n) is 3.64. The topological polar surface area (TPSA) is 44.4 Å². The van der Waals surface area contributed by atoms with E-state index in [0.717, 1.165) is 44.7 Å². The Balaban J connectivity index is 1.86. The third-order valence-corrected chi connectivity index (χ3v) is 4.69. The minimum Gasteiger partial charge on any atom is -0.371 e. The molecule has 0 radical (unpaired) electrons. The van der Waals surface area contributed by atoms with E-state index in [1.807, 2.05) is 6.07 Å². The van der Waals surface area contributed by atoms with Crippen LogP contribution in [-0.2, 0) is 11.2 Å². The summed E-state index contributed by atoms with van der Waals surface area (Å²) in [5, 5.41) is 6.46. The highest BCUT2D eigenvalue weighted by atomic mass is 16.1. The third kappa shape index (κ3) is 3.05. The first-order chi connectivity index (χ1) is 10.1. The lowest BCUT2D eigenvalue weighted by Gasteiger charge is -2.38. The number of anilines is 2. The molecule has 0 bridgehead atoms. The SMILES string of the molecule is CC(=O)Nc1cccc2c1CCCN2CC1(C)CCNC1. The van der Waals surface area contributed by atoms with Crippen LogP contribution in [0.25, 0.3) is 0 Å². The summed E-state index contributed by atoms with van der Waals surface area (Å²) in [5.41, 5.74) is 3.95. The summed E-state index contributed by atoms with van der Waals surface area (Å²) in [6.07, 6.45) is 3.45. The zero-order valence-corrected chi connectivity index (χ0v) is 13.0. The fourth-order valence-corrected chi connectivity index (χ4v) is 3.64. The molecule has 2 aliphatic heterocycles. The fraction of sp³-hybridized carbons (Fsp3) is 0.588. The number of amides is 1. The van der Waals surface area contributed by atoms with E-state index in [-0.39, 0.29) is 5.91 Å². The summed E-state index contributed by atoms with van der Waals surface area (Å²) in [7, 11) is 0. The lowest BCUT2D eigenvalue weighted by molar-refractivity contribution is -0.114. The Hall–Kier alpha value is -1.55. The van der Waals surface area contributed by atoms with E-state index in [4.69, 9.17) is 0 Å². The van der Waals surface area contributed by atoms with Gasteiger partial charge in [0.05, 0.1) is 0 Å². The van der Waals surface area contributed by atoms with E-state index < -0.39 is 0 Å². The lowest BCUT2D eigenvalue weighted by Crippen LogP contribution is -2.40. The maximum absolute atomic E-state index is 11.4. The molecule has 0 aliphatic carbocycles. The summed E-state index contributed by atoms with van der Waals surface area (Å²) in [6.45, 7) is 8.39. The molecule has 2 heterocycles. The summed E-state index contributed by atoms with van der Waals surface area (Å²) in [5.74, 6) is 0.00692. The monoisotopic (exact) mass is 287 g/mol. The van der Waals surface area contributed by atoms with Gasteiger partial charge >= 0.3 is 0 Å². The van der Waals surface area contributed by atoms with Crippen molar-refractivity contribution in [2.75, 3.05) is 36.4 Å². The van der Waals surface area contributed by atoms with Crippen LogP contribution in [0.15, 0.2) is 18.2 Å². The molecule has 114 valence electrons. The molecule has 1 aromatic carbocycles. The van der Waals surface area contributed by atoms with Gasteiger partial charge in [-0.15, -0.1) is 0 Å². The molecule has 2 N–H and O–H groups in total. The second kappa shape index (κ2) is 5.68. The number of rotatable bonds is 3. The molecular weight excluding hydrogens is 262 g/mol. The van der Waals surface area contributed by atoms with Crippen molar-refractivity contribution in [2.24, 2.45) is 5.41 Å². The normalized spacial score (nSPS) is 24.8. The third-order valence-electron chi connectivity index (χ3n) is 4.69. The van der Waals surface area contributed by atoms with E-state index >= 15 is 0 Å². The Morgan fingerprint density at radius 3 is 3.05 bits per heavy atom. The summed E-state index contributed by atoms with van der Waals surface area (Å²) in [6, 6.07) is 6.27. The van der Waals surface area contributed by atoms with Gasteiger partial charge in [-0.2, -0.15) is 0 Å². The Labute approximate surface area is 126 Å². The van der Waals surface area contributed by atoms with Gasteiger partial charge in [0.15, 0.2) is 0 Å². The molecule has 0 saturated carbocycles. The van der Waals surface area contributed by atoms with Gasteiger partial charge in [0.1, 0.15) is 0 Å². The van der Waals surface area contributed by atoms with Crippen LogP contribution in [0, 0.1) is 5.41 Å². The number of hydrogen-bond acceptors (Lipinski definition) is 3. The summed E-state index contributed by atoms with van der Waals surface area (Å²) < 4.78 is 0. The minimum absolute atomic E-state index is 0.00692. The number of carbonyl (C=O) groups excluding carboxylic acids is 1. The van der Waals surface area contributed by atoms with E-state index in [1.54, 1.807) is 6.92 Å². The maximum Gasteiger partial charge on any atom is 0.221 e. The number of carbonyl (C=O) groups is 1. The summed E-state index contributed by atoms with van der Waals surface area (Å²) in [4.78, 5) is 13.9. The van der Waals surface area contributed by atoms with Crippen LogP contribution in [-0.4, -0.2) is 32.1 Å². The smallest absolute Gasteiger partial charge is 0.221 e. The molecule has 21 heavy (non-hydrogen) atoms. The Bertz CT molecular complexity index is 535. The molecule has 2 aliphatic rings. The Kier molecular flexibility index (Phi) is 3.89. The minimum atomic E-state index is 0.00692. The van der Waals surface area contributed by atoms with Gasteiger partial charge < -0.3 is 15.5 Å². The van der Waals surface area contributed by atoms with Crippen LogP contribution in [0.4, 0.5) is 11.4 Å². The molecule has 1 saturated heterocycles. The van der Waals surface area contributed by atoms with Crippen molar-refractivity contribution in [3.8, 4) is 0 Å². The molecule has 0 spiro atoms. The average molecular weight is 287 g/mol. The number of hydrogen-bond donors (Lipinski definition) is 2. The van der Waals surface area contributed by atoms with Gasteiger partial charge in [-0.25, -0.2) is 0 Å². The maximum atomic E-state index is 11.4. The molecule has 0 aromatic heterocycles. The van der Waals surface area contributed by atoms with Crippen LogP contribution in [0.3, 0.4) is 0 Å². The molecule has 1 aromatic rings. The highest BCUT2D eigenvalue weighted by Gasteiger charge is 2.32. The van der Waals surface area contributed by atoms with Crippen molar-refractivity contribution in [3.63, 3.8) is 0 Å². The average Bonchev–Trinajstić information content (AvgIpc) is 2.86. The standard InChI is InChI=1S/C17H25N3O/c1-13(21)19-15-6-3-7-16-14(15)5-4-10-20(16)12-17(2)8-9-18-11-17/h3,6-7,18H,4-5,8-12H2,1-2H3,(H,19,21). The van der Waals surface area contributed by atoms with Crippen molar-refractivity contribution < 1.29 is 4.79 Å². The number of nitrogens with one attached hydrogen (secondary N) is 2. The zero-order chi connectivity index (χ0) is 14.9. The lowest BCUT2D eigenvalue weighted by atomic mass is 9.87. The van der Waals surface area contributed by atoms with Crippen LogP contribution in [0.1, 0.15) is 32.3 Å². The number of benzene rings is 1. The van der Waals surface area contributed by atoms with Gasteiger partial charge in [-0.05, 0) is 48.9 Å². The van der Waals surface area contributed by atoms with Crippen molar-refractivity contribution in [1.29, 1.82) is 0 Å². The second-order valence-electron chi connectivity index (χ2n) is 6.75. The molecule has 1 atom stereocenters. The van der Waals surface area contributed by atoms with E-state index in [9.17, 15) is 4.79 Å². The van der Waals surface area contributed by atoms with Crippen LogP contribution >= 0.6 is 0 Å². The van der Waals surface area contributed by atoms with Crippen LogP contribution in [0.2, 0.25) is 0 Å². The van der Waals surface area contributed by atoms with Crippen molar-refractivity contribution in [1.82, 2.24) is 5.32 Å². The number of nitrogens with zero attached hydrogens (tertiary/aromatic N) is 1. The predicted octanol–water partition coefficient (Wildman–Crippen LogP) is 2.40. The molecule has 4 heteroatoms. The Morgan fingerprint density at radius 2 is 2.33 bits per heavy atom. The van der Waals surface area contributed by atoms with Gasteiger partial charge in [0.2, 0.25) is 5.91 Å². The van der Waals surface area contributed by atoms with Crippen molar-refractivity contribution >= 4 is 17.3 Å². The molecular formula is C17H25N3O. The van der Waals surface area contributed by atoms with E-state index in [2.05, 4.69) is 34.6 Å². The molecule has 1 unspecified atom stereocenters. The quantitative estimate of drug-likeness (QED) is 0.897. The van der Waals surface area contributed by atoms with Gasteiger partial charge in [0.25, 0.3) is 0 Å². The predicted molar refractivity (Wildman–Crippen MR) is 86.9 cm³/mol. The first kappa shape index (κ1) is 14.4. The highest BCUT2D eigenvalue weighted by molar-refractivity contribution is 5.90. The highest BCUT2D eigenvalue weighted by Crippen LogP contribution is 2.36. The first-order valence-corrected chi connectivity index (χ1v) is 7.93. The zero-order valence-electron chi connectivity index (χ0n) is 13.0. The molecule has 4 nitrogen and oxygen atoms in total. The van der Waals surface area contributed by atoms with Gasteiger partial charge in [0, 0.05) is 37.9 Å². The van der Waals surface area contributed by atoms with Crippen LogP contribution in [0.5, 0.6) is 0 Å². The molecule has 1 fully saturated rings. The van der Waals surface area contributed by atoms with Crippen molar-refractivity contribution in [3.05, 3.63) is 23.8 Å². The number of fused-ring (bicyclic) bond motifs is 1. The first-order valence-electron chi connectivity index (χ1n) is 7.93. The van der Waals surface area contributed by atoms with Crippen molar-refractivity contribution in [2.45, 2.75) is 33.1 Å². The summed E-state index contributed by atoms with van der Waals surface area (Å²) >= 11 is 0. The second-order valence-corrected chi connectivity index (χ2v) is 6.75. The van der Waals surface area contributed by atoms with Gasteiger partial charge in [-0.1, -0.05) is 13.0 Å². The van der Waals surface area contributed by atoms with Gasteiger partial charge in [-0.3, -0.25) is 4.79 Å². The van der Waals surface area contributed by atoms with Crippen LogP contribution < -0.4 is 15.5 Å². The largest absolute Gasteiger partial charge is 0.371 e. The molecule has 1 amide bonds. The Morgan fingerprint density at radius 1 is 1.48 bits per heavy atom. The van der Waals surface area contributed by atoms with E-state index in [0.29, 0.717) is 5.41 Å². The van der Waals surface area contributed by atoms with E-state index in [1.165, 1.54) is 17.7 Å². The molecule has 3 rings (SSSR count).